The van der Waals surface area contributed by atoms with E-state index in [2.05, 4.69) is 24.1 Å². The molecule has 6 rings (SSSR count). The van der Waals surface area contributed by atoms with E-state index in [4.69, 9.17) is 0 Å². The normalized spacial score (nSPS) is 39.7. The highest BCUT2D eigenvalue weighted by Gasteiger charge is 2.61. The third-order valence-corrected chi connectivity index (χ3v) is 13.2. The van der Waals surface area contributed by atoms with Crippen LogP contribution in [0.1, 0.15) is 91.0 Å². The van der Waals surface area contributed by atoms with E-state index in [1.807, 2.05) is 49.1 Å². The fourth-order valence-corrected chi connectivity index (χ4v) is 10.8. The molecule has 3 N–H and O–H groups in total. The highest BCUT2D eigenvalue weighted by atomic mass is 16.3. The lowest BCUT2D eigenvalue weighted by Crippen LogP contribution is -2.63. The molecular formula is C37H57N3O4. The quantitative estimate of drug-likeness (QED) is 0.420. The van der Waals surface area contributed by atoms with Gasteiger partial charge >= 0.3 is 0 Å². The topological polar surface area (TPSA) is 93.1 Å². The molecule has 5 fully saturated rings. The number of carbonyl (C=O) groups is 2. The minimum absolute atomic E-state index is 0.000885. The third-order valence-electron chi connectivity index (χ3n) is 13.2. The number of benzene rings is 1. The zero-order valence-electron chi connectivity index (χ0n) is 27.6. The Morgan fingerprint density at radius 1 is 0.932 bits per heavy atom. The highest BCUT2D eigenvalue weighted by Crippen LogP contribution is 2.66. The molecular weight excluding hydrogens is 550 g/mol. The van der Waals surface area contributed by atoms with E-state index in [9.17, 15) is 19.8 Å². The van der Waals surface area contributed by atoms with Gasteiger partial charge in [-0.25, -0.2) is 0 Å². The van der Waals surface area contributed by atoms with E-state index >= 15 is 0 Å². The Labute approximate surface area is 265 Å². The van der Waals surface area contributed by atoms with Crippen molar-refractivity contribution in [1.29, 1.82) is 0 Å². The molecule has 7 heteroatoms. The standard InChI is InChI=1S/C37H57N3O4/c1-24(2)20-34(43)38-30(21-25-8-6-5-7-9-25)35(44)40-18-16-39(17-19-40)31-23-37(4)26(22-32(31)41)10-11-27-28-12-13-33(42)36(28,3)15-14-29(27)37/h5-9,24,26-33,41-42H,10-23H2,1-4H3,(H,38,43)/t26-,27-,28-,29-,30-,31-,32-,33-,36-,37-/m0/s1. The molecule has 1 aromatic rings. The van der Waals surface area contributed by atoms with Gasteiger partial charge in [0, 0.05) is 45.1 Å². The number of nitrogens with one attached hydrogen (secondary N) is 1. The highest BCUT2D eigenvalue weighted by molar-refractivity contribution is 5.88. The van der Waals surface area contributed by atoms with Crippen LogP contribution in [0.2, 0.25) is 0 Å². The van der Waals surface area contributed by atoms with Crippen molar-refractivity contribution in [2.45, 2.75) is 116 Å². The van der Waals surface area contributed by atoms with Crippen LogP contribution in [-0.4, -0.2) is 82.3 Å². The Morgan fingerprint density at radius 3 is 2.34 bits per heavy atom. The molecule has 0 aromatic heterocycles. The number of nitrogens with zero attached hydrogens (tertiary/aromatic N) is 2. The molecule has 2 amide bonds. The molecule has 0 spiro atoms. The van der Waals surface area contributed by atoms with Crippen LogP contribution in [-0.2, 0) is 16.0 Å². The summed E-state index contributed by atoms with van der Waals surface area (Å²) in [6.45, 7) is 11.7. The number of aliphatic hydroxyl groups is 2. The summed E-state index contributed by atoms with van der Waals surface area (Å²) in [6.07, 6.45) is 9.28. The largest absolute Gasteiger partial charge is 0.393 e. The van der Waals surface area contributed by atoms with E-state index < -0.39 is 6.04 Å². The van der Waals surface area contributed by atoms with E-state index in [0.29, 0.717) is 49.6 Å². The number of carbonyl (C=O) groups excluding carboxylic acids is 2. The van der Waals surface area contributed by atoms with Gasteiger partial charge in [0.25, 0.3) is 0 Å². The molecule has 0 bridgehead atoms. The average Bonchev–Trinajstić information content (AvgIpc) is 3.30. The van der Waals surface area contributed by atoms with E-state index in [1.54, 1.807) is 0 Å². The van der Waals surface area contributed by atoms with Gasteiger partial charge in [0.15, 0.2) is 0 Å². The van der Waals surface area contributed by atoms with Crippen LogP contribution in [0, 0.1) is 40.4 Å². The van der Waals surface area contributed by atoms with Gasteiger partial charge in [-0.05, 0) is 97.3 Å². The van der Waals surface area contributed by atoms with Gasteiger partial charge in [0.1, 0.15) is 6.04 Å². The molecule has 244 valence electrons. The Morgan fingerprint density at radius 2 is 1.64 bits per heavy atom. The van der Waals surface area contributed by atoms with Crippen molar-refractivity contribution in [2.24, 2.45) is 40.4 Å². The van der Waals surface area contributed by atoms with Crippen LogP contribution in [0.5, 0.6) is 0 Å². The minimum Gasteiger partial charge on any atom is -0.393 e. The molecule has 5 aliphatic rings. The van der Waals surface area contributed by atoms with Gasteiger partial charge in [-0.1, -0.05) is 58.0 Å². The summed E-state index contributed by atoms with van der Waals surface area (Å²) in [5, 5.41) is 25.4. The molecule has 4 aliphatic carbocycles. The summed E-state index contributed by atoms with van der Waals surface area (Å²) in [4.78, 5) is 31.0. The molecule has 1 aliphatic heterocycles. The number of aliphatic hydroxyl groups excluding tert-OH is 2. The molecule has 44 heavy (non-hydrogen) atoms. The Balaban J connectivity index is 1.11. The van der Waals surface area contributed by atoms with Crippen molar-refractivity contribution < 1.29 is 19.8 Å². The van der Waals surface area contributed by atoms with Crippen LogP contribution < -0.4 is 5.32 Å². The number of piperazine rings is 1. The van der Waals surface area contributed by atoms with Crippen LogP contribution in [0.4, 0.5) is 0 Å². The van der Waals surface area contributed by atoms with Crippen molar-refractivity contribution in [3.63, 3.8) is 0 Å². The van der Waals surface area contributed by atoms with Gasteiger partial charge in [-0.15, -0.1) is 0 Å². The lowest BCUT2D eigenvalue weighted by molar-refractivity contribution is -0.157. The molecule has 10 atom stereocenters. The van der Waals surface area contributed by atoms with E-state index in [0.717, 1.165) is 44.3 Å². The Kier molecular flexibility index (Phi) is 9.22. The van der Waals surface area contributed by atoms with Crippen molar-refractivity contribution in [3.05, 3.63) is 35.9 Å². The Hall–Kier alpha value is -1.96. The molecule has 1 saturated heterocycles. The molecule has 7 nitrogen and oxygen atoms in total. The van der Waals surface area contributed by atoms with E-state index in [1.165, 1.54) is 25.7 Å². The molecule has 0 unspecified atom stereocenters. The monoisotopic (exact) mass is 607 g/mol. The zero-order valence-corrected chi connectivity index (χ0v) is 27.6. The average molecular weight is 608 g/mol. The van der Waals surface area contributed by atoms with Gasteiger partial charge in [0.05, 0.1) is 12.2 Å². The smallest absolute Gasteiger partial charge is 0.245 e. The van der Waals surface area contributed by atoms with Crippen molar-refractivity contribution >= 4 is 11.8 Å². The van der Waals surface area contributed by atoms with Crippen LogP contribution in [0.25, 0.3) is 0 Å². The lowest BCUT2D eigenvalue weighted by atomic mass is 9.44. The maximum absolute atomic E-state index is 13.8. The first kappa shape index (κ1) is 32.0. The number of rotatable bonds is 7. The van der Waals surface area contributed by atoms with Gasteiger partial charge < -0.3 is 20.4 Å². The summed E-state index contributed by atoms with van der Waals surface area (Å²) in [6, 6.07) is 9.51. The van der Waals surface area contributed by atoms with Gasteiger partial charge in [0.2, 0.25) is 11.8 Å². The molecule has 0 radical (unpaired) electrons. The van der Waals surface area contributed by atoms with E-state index in [-0.39, 0.29) is 46.8 Å². The first-order valence-corrected chi connectivity index (χ1v) is 17.7. The first-order chi connectivity index (χ1) is 21.0. The van der Waals surface area contributed by atoms with Crippen molar-refractivity contribution in [1.82, 2.24) is 15.1 Å². The second kappa shape index (κ2) is 12.7. The van der Waals surface area contributed by atoms with Crippen LogP contribution in [0.15, 0.2) is 30.3 Å². The van der Waals surface area contributed by atoms with Crippen molar-refractivity contribution in [3.8, 4) is 0 Å². The fourth-order valence-electron chi connectivity index (χ4n) is 10.8. The third kappa shape index (κ3) is 5.98. The van der Waals surface area contributed by atoms with Crippen molar-refractivity contribution in [2.75, 3.05) is 26.2 Å². The summed E-state index contributed by atoms with van der Waals surface area (Å²) in [7, 11) is 0. The summed E-state index contributed by atoms with van der Waals surface area (Å²) < 4.78 is 0. The molecule has 1 heterocycles. The van der Waals surface area contributed by atoms with Crippen LogP contribution in [0.3, 0.4) is 0 Å². The SMILES string of the molecule is CC(C)CC(=O)N[C@@H](Cc1ccccc1)C(=O)N1CCN([C@H]2C[C@@]3(C)[C@@H](CC[C@@H]4[C@@H]3CC[C@]3(C)[C@@H](O)CC[C@@H]43)C[C@@H]2O)CC1. The summed E-state index contributed by atoms with van der Waals surface area (Å²) in [5.74, 6) is 2.75. The second-order valence-corrected chi connectivity index (χ2v) is 16.1. The lowest BCUT2D eigenvalue weighted by Gasteiger charge is -2.62. The Bertz CT molecular complexity index is 1170. The van der Waals surface area contributed by atoms with Gasteiger partial charge in [-0.3, -0.25) is 14.5 Å². The summed E-state index contributed by atoms with van der Waals surface area (Å²) >= 11 is 0. The number of amides is 2. The molecule has 1 aromatic carbocycles. The first-order valence-electron chi connectivity index (χ1n) is 17.7. The molecule has 4 saturated carbocycles. The maximum atomic E-state index is 13.8. The van der Waals surface area contributed by atoms with Crippen LogP contribution >= 0.6 is 0 Å². The predicted octanol–water partition coefficient (Wildman–Crippen LogP) is 4.65. The maximum Gasteiger partial charge on any atom is 0.245 e. The zero-order chi connectivity index (χ0) is 31.2. The summed E-state index contributed by atoms with van der Waals surface area (Å²) in [5.41, 5.74) is 1.35. The van der Waals surface area contributed by atoms with Gasteiger partial charge in [-0.2, -0.15) is 0 Å². The fraction of sp³-hybridized carbons (Fsp3) is 0.784. The minimum atomic E-state index is -0.569. The number of hydrogen-bond acceptors (Lipinski definition) is 5. The number of fused-ring (bicyclic) bond motifs is 5. The predicted molar refractivity (Wildman–Crippen MR) is 173 cm³/mol. The second-order valence-electron chi connectivity index (χ2n) is 16.1. The number of hydrogen-bond donors (Lipinski definition) is 3.